The number of nitrogens with one attached hydrogen (secondary N) is 1. The lowest BCUT2D eigenvalue weighted by atomic mass is 10.1. The number of rotatable bonds is 4. The number of H-pyrrole nitrogens is 1. The number of pyridine rings is 2. The van der Waals surface area contributed by atoms with Gasteiger partial charge in [0.1, 0.15) is 5.52 Å². The SMILES string of the molecule is O=c1[nH]c2c(Cl)nc3ncccc3c2n1Cc1cccc(CN2CCCC2)c1. The highest BCUT2D eigenvalue weighted by Gasteiger charge is 2.16. The molecule has 7 heteroatoms. The summed E-state index contributed by atoms with van der Waals surface area (Å²) in [6.45, 7) is 3.75. The minimum atomic E-state index is -0.194. The molecular formula is C21H20ClN5O. The molecule has 0 atom stereocenters. The number of benzene rings is 1. The zero-order chi connectivity index (χ0) is 19.1. The van der Waals surface area contributed by atoms with Gasteiger partial charge in [0.15, 0.2) is 10.8 Å². The summed E-state index contributed by atoms with van der Waals surface area (Å²) in [6, 6.07) is 12.2. The van der Waals surface area contributed by atoms with E-state index in [2.05, 4.69) is 44.1 Å². The van der Waals surface area contributed by atoms with Crippen molar-refractivity contribution in [2.45, 2.75) is 25.9 Å². The van der Waals surface area contributed by atoms with Gasteiger partial charge in [0.05, 0.1) is 12.1 Å². The summed E-state index contributed by atoms with van der Waals surface area (Å²) in [5.74, 6) is 0. The quantitative estimate of drug-likeness (QED) is 0.538. The van der Waals surface area contributed by atoms with Crippen LogP contribution < -0.4 is 5.69 Å². The zero-order valence-corrected chi connectivity index (χ0v) is 16.1. The molecule has 0 bridgehead atoms. The van der Waals surface area contributed by atoms with Gasteiger partial charge < -0.3 is 4.98 Å². The molecule has 4 aromatic rings. The van der Waals surface area contributed by atoms with E-state index >= 15 is 0 Å². The summed E-state index contributed by atoms with van der Waals surface area (Å²) < 4.78 is 1.72. The minimum Gasteiger partial charge on any atom is -0.303 e. The van der Waals surface area contributed by atoms with Crippen LogP contribution in [0.15, 0.2) is 47.4 Å². The molecule has 4 heterocycles. The molecule has 6 nitrogen and oxygen atoms in total. The molecule has 3 aromatic heterocycles. The number of aromatic nitrogens is 4. The second kappa shape index (κ2) is 7.04. The fourth-order valence-corrected chi connectivity index (χ4v) is 4.29. The van der Waals surface area contributed by atoms with E-state index in [9.17, 15) is 4.79 Å². The average Bonchev–Trinajstić information content (AvgIpc) is 3.31. The molecule has 0 saturated carbocycles. The maximum atomic E-state index is 12.7. The molecular weight excluding hydrogens is 374 g/mol. The maximum absolute atomic E-state index is 12.7. The summed E-state index contributed by atoms with van der Waals surface area (Å²) in [5, 5.41) is 1.08. The largest absolute Gasteiger partial charge is 0.326 e. The smallest absolute Gasteiger partial charge is 0.303 e. The van der Waals surface area contributed by atoms with Crippen molar-refractivity contribution in [1.82, 2.24) is 24.4 Å². The van der Waals surface area contributed by atoms with E-state index in [0.717, 1.165) is 36.1 Å². The van der Waals surface area contributed by atoms with Gasteiger partial charge in [0.25, 0.3) is 0 Å². The predicted molar refractivity (Wildman–Crippen MR) is 111 cm³/mol. The third kappa shape index (κ3) is 3.08. The Morgan fingerprint density at radius 3 is 2.68 bits per heavy atom. The Balaban J connectivity index is 1.57. The third-order valence-electron chi connectivity index (χ3n) is 5.37. The standard InChI is InChI=1S/C21H20ClN5O/c22-19-17-18(16-7-4-8-23-20(16)25-19)27(21(28)24-17)13-15-6-3-5-14(11-15)12-26-9-1-2-10-26/h3-8,11H,1-2,9-10,12-13H2,(H,24,28). The highest BCUT2D eigenvalue weighted by molar-refractivity contribution is 6.34. The lowest BCUT2D eigenvalue weighted by molar-refractivity contribution is 0.331. The summed E-state index contributed by atoms with van der Waals surface area (Å²) in [6.07, 6.45) is 4.23. The van der Waals surface area contributed by atoms with Crippen LogP contribution in [0.3, 0.4) is 0 Å². The van der Waals surface area contributed by atoms with Gasteiger partial charge in [-0.05, 0) is 49.2 Å². The lowest BCUT2D eigenvalue weighted by Crippen LogP contribution is -2.19. The molecule has 0 radical (unpaired) electrons. The Morgan fingerprint density at radius 2 is 1.86 bits per heavy atom. The second-order valence-corrected chi connectivity index (χ2v) is 7.68. The van der Waals surface area contributed by atoms with Crippen LogP contribution in [0.25, 0.3) is 22.1 Å². The van der Waals surface area contributed by atoms with Gasteiger partial charge in [0.2, 0.25) is 0 Å². The maximum Gasteiger partial charge on any atom is 0.326 e. The van der Waals surface area contributed by atoms with Crippen molar-refractivity contribution in [3.05, 3.63) is 69.4 Å². The van der Waals surface area contributed by atoms with Crippen LogP contribution >= 0.6 is 11.6 Å². The molecule has 0 amide bonds. The Hall–Kier alpha value is -2.70. The molecule has 0 unspecified atom stereocenters. The van der Waals surface area contributed by atoms with Gasteiger partial charge in [-0.15, -0.1) is 0 Å². The minimum absolute atomic E-state index is 0.194. The first-order chi connectivity index (χ1) is 13.7. The number of nitrogens with zero attached hydrogens (tertiary/aromatic N) is 4. The van der Waals surface area contributed by atoms with E-state index in [1.54, 1.807) is 10.8 Å². The van der Waals surface area contributed by atoms with Crippen LogP contribution in [0.1, 0.15) is 24.0 Å². The summed E-state index contributed by atoms with van der Waals surface area (Å²) in [4.78, 5) is 26.6. The normalized spacial score (nSPS) is 15.0. The highest BCUT2D eigenvalue weighted by atomic mass is 35.5. The Bertz CT molecular complexity index is 1220. The van der Waals surface area contributed by atoms with Crippen molar-refractivity contribution < 1.29 is 0 Å². The molecule has 1 aliphatic rings. The van der Waals surface area contributed by atoms with Gasteiger partial charge in [-0.25, -0.2) is 14.8 Å². The molecule has 1 aromatic carbocycles. The van der Waals surface area contributed by atoms with Gasteiger partial charge in [0, 0.05) is 18.1 Å². The topological polar surface area (TPSA) is 66.8 Å². The second-order valence-electron chi connectivity index (χ2n) is 7.32. The van der Waals surface area contributed by atoms with Crippen molar-refractivity contribution in [3.63, 3.8) is 0 Å². The number of imidazole rings is 1. The number of halogens is 1. The van der Waals surface area contributed by atoms with E-state index in [1.807, 2.05) is 12.1 Å². The molecule has 5 rings (SSSR count). The lowest BCUT2D eigenvalue weighted by Gasteiger charge is -2.15. The summed E-state index contributed by atoms with van der Waals surface area (Å²) in [7, 11) is 0. The van der Waals surface area contributed by atoms with E-state index in [1.165, 1.54) is 18.4 Å². The molecule has 0 spiro atoms. The summed E-state index contributed by atoms with van der Waals surface area (Å²) >= 11 is 6.30. The van der Waals surface area contributed by atoms with Crippen molar-refractivity contribution in [1.29, 1.82) is 0 Å². The number of fused-ring (bicyclic) bond motifs is 3. The van der Waals surface area contributed by atoms with E-state index < -0.39 is 0 Å². The molecule has 1 fully saturated rings. The summed E-state index contributed by atoms with van der Waals surface area (Å²) in [5.41, 5.74) is 4.01. The van der Waals surface area contributed by atoms with Crippen molar-refractivity contribution >= 4 is 33.7 Å². The van der Waals surface area contributed by atoms with E-state index in [4.69, 9.17) is 11.6 Å². The zero-order valence-electron chi connectivity index (χ0n) is 15.4. The van der Waals surface area contributed by atoms with Crippen molar-refractivity contribution in [2.75, 3.05) is 13.1 Å². The first kappa shape index (κ1) is 17.4. The molecule has 28 heavy (non-hydrogen) atoms. The first-order valence-corrected chi connectivity index (χ1v) is 9.90. The average molecular weight is 394 g/mol. The number of hydrogen-bond acceptors (Lipinski definition) is 4. The van der Waals surface area contributed by atoms with Gasteiger partial charge in [-0.3, -0.25) is 9.47 Å². The van der Waals surface area contributed by atoms with Crippen LogP contribution in [0.2, 0.25) is 5.15 Å². The van der Waals surface area contributed by atoms with Gasteiger partial charge in [-0.2, -0.15) is 0 Å². The number of aromatic amines is 1. The Kier molecular flexibility index (Phi) is 4.37. The molecule has 1 saturated heterocycles. The molecule has 0 aliphatic carbocycles. The Morgan fingerprint density at radius 1 is 1.07 bits per heavy atom. The van der Waals surface area contributed by atoms with Gasteiger partial charge in [-0.1, -0.05) is 35.9 Å². The molecule has 1 N–H and O–H groups in total. The van der Waals surface area contributed by atoms with E-state index in [-0.39, 0.29) is 10.8 Å². The van der Waals surface area contributed by atoms with Crippen molar-refractivity contribution in [3.8, 4) is 0 Å². The van der Waals surface area contributed by atoms with Crippen LogP contribution in [0.4, 0.5) is 0 Å². The van der Waals surface area contributed by atoms with Crippen LogP contribution in [-0.2, 0) is 13.1 Å². The fraction of sp³-hybridized carbons (Fsp3) is 0.286. The van der Waals surface area contributed by atoms with Gasteiger partial charge >= 0.3 is 5.69 Å². The first-order valence-electron chi connectivity index (χ1n) is 9.52. The van der Waals surface area contributed by atoms with E-state index in [0.29, 0.717) is 17.7 Å². The number of likely N-dealkylation sites (tertiary alicyclic amines) is 1. The highest BCUT2D eigenvalue weighted by Crippen LogP contribution is 2.26. The third-order valence-corrected chi connectivity index (χ3v) is 5.65. The van der Waals surface area contributed by atoms with Crippen LogP contribution in [0, 0.1) is 0 Å². The monoisotopic (exact) mass is 393 g/mol. The fourth-order valence-electron chi connectivity index (χ4n) is 4.08. The number of hydrogen-bond donors (Lipinski definition) is 1. The van der Waals surface area contributed by atoms with Crippen molar-refractivity contribution in [2.24, 2.45) is 0 Å². The predicted octanol–water partition coefficient (Wildman–Crippen LogP) is 3.57. The van der Waals surface area contributed by atoms with Crippen LogP contribution in [0.5, 0.6) is 0 Å². The Labute approximate surface area is 166 Å². The molecule has 1 aliphatic heterocycles. The molecule has 142 valence electrons. The van der Waals surface area contributed by atoms with Crippen LogP contribution in [-0.4, -0.2) is 37.5 Å².